The Morgan fingerprint density at radius 1 is 0.917 bits per heavy atom. The van der Waals surface area contributed by atoms with Gasteiger partial charge in [0.1, 0.15) is 23.1 Å². The van der Waals surface area contributed by atoms with Crippen LogP contribution in [-0.4, -0.2) is 23.0 Å². The minimum absolute atomic E-state index is 0.300. The lowest BCUT2D eigenvalue weighted by Crippen LogP contribution is -2.30. The monoisotopic (exact) mass is 496 g/mol. The molecule has 7 nitrogen and oxygen atoms in total. The van der Waals surface area contributed by atoms with Gasteiger partial charge < -0.3 is 9.47 Å². The van der Waals surface area contributed by atoms with E-state index in [9.17, 15) is 4.79 Å². The lowest BCUT2D eigenvalue weighted by molar-refractivity contribution is 0.0958. The zero-order valence-electron chi connectivity index (χ0n) is 19.6. The van der Waals surface area contributed by atoms with E-state index in [2.05, 4.69) is 20.8 Å². The lowest BCUT2D eigenvalue weighted by Gasteiger charge is -2.12. The van der Waals surface area contributed by atoms with Gasteiger partial charge in [0.15, 0.2) is 5.82 Å². The highest BCUT2D eigenvalue weighted by Gasteiger charge is 2.16. The molecule has 5 aromatic rings. The van der Waals surface area contributed by atoms with Crippen LogP contribution in [0.5, 0.6) is 5.75 Å². The fourth-order valence-corrected chi connectivity index (χ4v) is 4.55. The summed E-state index contributed by atoms with van der Waals surface area (Å²) in [5.41, 5.74) is 9.51. The zero-order chi connectivity index (χ0) is 24.7. The van der Waals surface area contributed by atoms with Crippen LogP contribution in [0.25, 0.3) is 21.5 Å². The van der Waals surface area contributed by atoms with Crippen LogP contribution in [0, 0.1) is 0 Å². The molecule has 0 unspecified atom stereocenters. The van der Waals surface area contributed by atoms with Crippen LogP contribution in [0.4, 0.5) is 5.82 Å². The molecular formula is C28H24N4O3S. The van der Waals surface area contributed by atoms with Crippen molar-refractivity contribution >= 4 is 34.0 Å². The Bertz CT molecular complexity index is 1490. The van der Waals surface area contributed by atoms with E-state index in [1.165, 1.54) is 11.3 Å². The fourth-order valence-electron chi connectivity index (χ4n) is 3.72. The van der Waals surface area contributed by atoms with Crippen molar-refractivity contribution in [2.45, 2.75) is 13.2 Å². The van der Waals surface area contributed by atoms with E-state index in [1.807, 2.05) is 84.9 Å². The SMILES string of the molecule is COCc1cc2ccccc2nc1NNC(=O)c1csc(-c2ccccc2OCc2ccccc2)n1. The number of carbonyl (C=O) groups is 1. The van der Waals surface area contributed by atoms with Gasteiger partial charge in [0, 0.05) is 23.4 Å². The number of fused-ring (bicyclic) bond motifs is 1. The number of thiazole rings is 1. The molecule has 180 valence electrons. The fraction of sp³-hybridized carbons (Fsp3) is 0.107. The highest BCUT2D eigenvalue weighted by atomic mass is 32.1. The number of aromatic nitrogens is 2. The van der Waals surface area contributed by atoms with Crippen molar-refractivity contribution in [3.63, 3.8) is 0 Å². The Kier molecular flexibility index (Phi) is 7.16. The number of amides is 1. The maximum absolute atomic E-state index is 12.9. The molecule has 0 spiro atoms. The molecule has 0 bridgehead atoms. The number of nitrogens with one attached hydrogen (secondary N) is 2. The van der Waals surface area contributed by atoms with Crippen molar-refractivity contribution in [2.75, 3.05) is 12.5 Å². The standard InChI is InChI=1S/C28H24N4O3S/c1-34-17-21-15-20-11-5-7-13-23(20)29-26(21)31-32-27(33)24-18-36-28(30-24)22-12-6-8-14-25(22)35-16-19-9-3-2-4-10-19/h2-15,18H,16-17H2,1H3,(H,29,31)(H,32,33). The number of ether oxygens (including phenoxy) is 2. The van der Waals surface area contributed by atoms with Crippen LogP contribution < -0.4 is 15.6 Å². The number of methoxy groups -OCH3 is 1. The second-order valence-electron chi connectivity index (χ2n) is 8.01. The zero-order valence-corrected chi connectivity index (χ0v) is 20.4. The molecule has 2 N–H and O–H groups in total. The van der Waals surface area contributed by atoms with Crippen molar-refractivity contribution in [3.8, 4) is 16.3 Å². The minimum Gasteiger partial charge on any atom is -0.488 e. The van der Waals surface area contributed by atoms with Gasteiger partial charge in [-0.2, -0.15) is 0 Å². The Balaban J connectivity index is 1.30. The quantitative estimate of drug-likeness (QED) is 0.249. The van der Waals surface area contributed by atoms with Crippen LogP contribution in [0.2, 0.25) is 0 Å². The molecular weight excluding hydrogens is 472 g/mol. The molecule has 36 heavy (non-hydrogen) atoms. The number of benzene rings is 3. The topological polar surface area (TPSA) is 85.4 Å². The van der Waals surface area contributed by atoms with E-state index in [4.69, 9.17) is 9.47 Å². The Labute approximate surface area is 212 Å². The highest BCUT2D eigenvalue weighted by molar-refractivity contribution is 7.13. The molecule has 0 radical (unpaired) electrons. The van der Waals surface area contributed by atoms with E-state index in [0.29, 0.717) is 35.5 Å². The van der Waals surface area contributed by atoms with Crippen molar-refractivity contribution < 1.29 is 14.3 Å². The molecule has 1 amide bonds. The molecule has 3 aromatic carbocycles. The van der Waals surface area contributed by atoms with Crippen LogP contribution in [0.3, 0.4) is 0 Å². The summed E-state index contributed by atoms with van der Waals surface area (Å²) < 4.78 is 11.4. The smallest absolute Gasteiger partial charge is 0.289 e. The number of carbonyl (C=O) groups excluding carboxylic acids is 1. The second-order valence-corrected chi connectivity index (χ2v) is 8.87. The first kappa shape index (κ1) is 23.5. The van der Waals surface area contributed by atoms with E-state index in [0.717, 1.165) is 27.6 Å². The number of hydrogen-bond donors (Lipinski definition) is 2. The third-order valence-corrected chi connectivity index (χ3v) is 6.36. The van der Waals surface area contributed by atoms with Gasteiger partial charge in [-0.05, 0) is 29.8 Å². The van der Waals surface area contributed by atoms with Gasteiger partial charge in [0.05, 0.1) is 17.7 Å². The number of hydrogen-bond acceptors (Lipinski definition) is 7. The Hall–Kier alpha value is -4.27. The van der Waals surface area contributed by atoms with Crippen LogP contribution >= 0.6 is 11.3 Å². The van der Waals surface area contributed by atoms with Crippen LogP contribution in [0.1, 0.15) is 21.6 Å². The molecule has 5 rings (SSSR count). The molecule has 0 atom stereocenters. The summed E-state index contributed by atoms with van der Waals surface area (Å²) >= 11 is 1.39. The van der Waals surface area contributed by atoms with Crippen molar-refractivity contribution in [2.24, 2.45) is 0 Å². The third kappa shape index (κ3) is 5.35. The van der Waals surface area contributed by atoms with Gasteiger partial charge in [-0.3, -0.25) is 15.6 Å². The average molecular weight is 497 g/mol. The van der Waals surface area contributed by atoms with Crippen molar-refractivity contribution in [1.29, 1.82) is 0 Å². The summed E-state index contributed by atoms with van der Waals surface area (Å²) in [6.45, 7) is 0.805. The summed E-state index contributed by atoms with van der Waals surface area (Å²) in [7, 11) is 1.62. The third-order valence-electron chi connectivity index (χ3n) is 5.49. The largest absolute Gasteiger partial charge is 0.488 e. The average Bonchev–Trinajstić information content (AvgIpc) is 3.42. The normalized spacial score (nSPS) is 10.8. The van der Waals surface area contributed by atoms with Gasteiger partial charge in [-0.1, -0.05) is 60.7 Å². The molecule has 0 aliphatic rings. The molecule has 0 aliphatic carbocycles. The van der Waals surface area contributed by atoms with E-state index < -0.39 is 0 Å². The van der Waals surface area contributed by atoms with Gasteiger partial charge >= 0.3 is 0 Å². The van der Waals surface area contributed by atoms with Crippen molar-refractivity contribution in [3.05, 3.63) is 107 Å². The van der Waals surface area contributed by atoms with E-state index in [-0.39, 0.29) is 5.91 Å². The van der Waals surface area contributed by atoms with Crippen molar-refractivity contribution in [1.82, 2.24) is 15.4 Å². The van der Waals surface area contributed by atoms with Gasteiger partial charge in [0.2, 0.25) is 0 Å². The van der Waals surface area contributed by atoms with Crippen LogP contribution in [-0.2, 0) is 18.0 Å². The second kappa shape index (κ2) is 11.0. The lowest BCUT2D eigenvalue weighted by atomic mass is 10.1. The van der Waals surface area contributed by atoms with Gasteiger partial charge in [-0.15, -0.1) is 11.3 Å². The number of para-hydroxylation sites is 2. The van der Waals surface area contributed by atoms with Crippen LogP contribution in [0.15, 0.2) is 90.3 Å². The molecule has 8 heteroatoms. The first-order valence-electron chi connectivity index (χ1n) is 11.4. The van der Waals surface area contributed by atoms with Gasteiger partial charge in [-0.25, -0.2) is 9.97 Å². The Morgan fingerprint density at radius 2 is 1.69 bits per heavy atom. The summed E-state index contributed by atoms with van der Waals surface area (Å²) in [5.74, 6) is 0.878. The van der Waals surface area contributed by atoms with E-state index >= 15 is 0 Å². The van der Waals surface area contributed by atoms with Gasteiger partial charge in [0.25, 0.3) is 5.91 Å². The highest BCUT2D eigenvalue weighted by Crippen LogP contribution is 2.32. The molecule has 0 saturated carbocycles. The predicted molar refractivity (Wildman–Crippen MR) is 142 cm³/mol. The number of hydrazine groups is 1. The summed E-state index contributed by atoms with van der Waals surface area (Å²) in [4.78, 5) is 22.1. The predicted octanol–water partition coefficient (Wildman–Crippen LogP) is 5.84. The first-order chi connectivity index (χ1) is 17.7. The summed E-state index contributed by atoms with van der Waals surface area (Å²) in [6, 6.07) is 27.4. The maximum Gasteiger partial charge on any atom is 0.289 e. The molecule has 2 aromatic heterocycles. The summed E-state index contributed by atoms with van der Waals surface area (Å²) in [5, 5.41) is 3.43. The number of rotatable bonds is 9. The molecule has 0 saturated heterocycles. The molecule has 0 fully saturated rings. The first-order valence-corrected chi connectivity index (χ1v) is 12.2. The number of anilines is 1. The molecule has 0 aliphatic heterocycles. The number of pyridine rings is 1. The maximum atomic E-state index is 12.9. The molecule has 2 heterocycles. The minimum atomic E-state index is -0.362. The summed E-state index contributed by atoms with van der Waals surface area (Å²) in [6.07, 6.45) is 0. The Morgan fingerprint density at radius 3 is 2.56 bits per heavy atom. The van der Waals surface area contributed by atoms with E-state index in [1.54, 1.807) is 12.5 Å². The number of nitrogens with zero attached hydrogens (tertiary/aromatic N) is 2.